The first kappa shape index (κ1) is 10.2. The van der Waals surface area contributed by atoms with Crippen molar-refractivity contribution in [3.05, 3.63) is 17.7 Å². The van der Waals surface area contributed by atoms with Crippen LogP contribution in [-0.2, 0) is 0 Å². The number of aliphatic hydroxyl groups is 1. The van der Waals surface area contributed by atoms with E-state index >= 15 is 0 Å². The number of hydrogen-bond donors (Lipinski definition) is 1. The smallest absolute Gasteiger partial charge is 0.222 e. The molecule has 0 amide bonds. The van der Waals surface area contributed by atoms with Gasteiger partial charge in [0.15, 0.2) is 5.75 Å². The van der Waals surface area contributed by atoms with Crippen LogP contribution in [0.4, 0.5) is 0 Å². The van der Waals surface area contributed by atoms with Crippen molar-refractivity contribution in [3.63, 3.8) is 0 Å². The second-order valence-corrected chi connectivity index (χ2v) is 3.63. The van der Waals surface area contributed by atoms with Gasteiger partial charge in [0.05, 0.1) is 18.0 Å². The van der Waals surface area contributed by atoms with Crippen LogP contribution in [0.1, 0.15) is 13.8 Å². The average molecular weight is 203 g/mol. The molecule has 1 aromatic rings. The molecule has 0 saturated carbocycles. The fraction of sp³-hybridized carbons (Fsp3) is 0.500. The molecule has 0 spiro atoms. The van der Waals surface area contributed by atoms with Crippen LogP contribution in [0, 0.1) is 0 Å². The number of rotatable bonds is 3. The Balaban J connectivity index is 2.51. The molecular formula is C8H11ClN2O2. The van der Waals surface area contributed by atoms with E-state index in [1.807, 2.05) is 0 Å². The van der Waals surface area contributed by atoms with Crippen LogP contribution in [-0.4, -0.2) is 27.3 Å². The molecule has 0 aliphatic heterocycles. The molecule has 0 atom stereocenters. The van der Waals surface area contributed by atoms with Gasteiger partial charge in [-0.3, -0.25) is 0 Å². The highest BCUT2D eigenvalue weighted by Gasteiger charge is 2.13. The van der Waals surface area contributed by atoms with Crippen LogP contribution in [0.2, 0.25) is 5.28 Å². The Labute approximate surface area is 81.5 Å². The molecule has 4 nitrogen and oxygen atoms in total. The molecular weight excluding hydrogens is 192 g/mol. The van der Waals surface area contributed by atoms with Gasteiger partial charge in [0.1, 0.15) is 6.61 Å². The van der Waals surface area contributed by atoms with Crippen molar-refractivity contribution in [2.24, 2.45) is 0 Å². The highest BCUT2D eigenvalue weighted by Crippen LogP contribution is 2.11. The minimum absolute atomic E-state index is 0.176. The molecule has 0 aromatic carbocycles. The van der Waals surface area contributed by atoms with E-state index in [0.717, 1.165) is 0 Å². The van der Waals surface area contributed by atoms with Gasteiger partial charge in [0.2, 0.25) is 5.28 Å². The first-order valence-corrected chi connectivity index (χ1v) is 4.18. The predicted octanol–water partition coefficient (Wildman–Crippen LogP) is 1.28. The Morgan fingerprint density at radius 1 is 1.46 bits per heavy atom. The second-order valence-electron chi connectivity index (χ2n) is 3.29. The molecule has 1 N–H and O–H groups in total. The SMILES string of the molecule is CC(C)(O)COc1cnc(Cl)nc1. The molecule has 0 bridgehead atoms. The monoisotopic (exact) mass is 202 g/mol. The van der Waals surface area contributed by atoms with Crippen LogP contribution >= 0.6 is 11.6 Å². The van der Waals surface area contributed by atoms with Crippen LogP contribution in [0.25, 0.3) is 0 Å². The molecule has 72 valence electrons. The maximum atomic E-state index is 9.34. The van der Waals surface area contributed by atoms with Gasteiger partial charge in [-0.1, -0.05) is 0 Å². The van der Waals surface area contributed by atoms with E-state index in [1.54, 1.807) is 13.8 Å². The van der Waals surface area contributed by atoms with Crippen molar-refractivity contribution in [2.75, 3.05) is 6.61 Å². The van der Waals surface area contributed by atoms with Crippen molar-refractivity contribution < 1.29 is 9.84 Å². The zero-order valence-electron chi connectivity index (χ0n) is 7.49. The van der Waals surface area contributed by atoms with E-state index in [1.165, 1.54) is 12.4 Å². The largest absolute Gasteiger partial charge is 0.487 e. The first-order chi connectivity index (χ1) is 5.97. The number of halogens is 1. The van der Waals surface area contributed by atoms with Crippen LogP contribution < -0.4 is 4.74 Å². The average Bonchev–Trinajstić information content (AvgIpc) is 2.02. The third kappa shape index (κ3) is 4.05. The molecule has 0 aliphatic carbocycles. The topological polar surface area (TPSA) is 55.2 Å². The highest BCUT2D eigenvalue weighted by atomic mass is 35.5. The lowest BCUT2D eigenvalue weighted by atomic mass is 10.2. The minimum Gasteiger partial charge on any atom is -0.487 e. The molecule has 0 saturated heterocycles. The van der Waals surface area contributed by atoms with E-state index in [-0.39, 0.29) is 11.9 Å². The summed E-state index contributed by atoms with van der Waals surface area (Å²) in [6, 6.07) is 0. The van der Waals surface area contributed by atoms with Gasteiger partial charge in [0, 0.05) is 0 Å². The summed E-state index contributed by atoms with van der Waals surface area (Å²) >= 11 is 5.47. The van der Waals surface area contributed by atoms with E-state index in [9.17, 15) is 5.11 Å². The number of nitrogens with zero attached hydrogens (tertiary/aromatic N) is 2. The zero-order valence-corrected chi connectivity index (χ0v) is 8.25. The Morgan fingerprint density at radius 2 is 2.00 bits per heavy atom. The maximum Gasteiger partial charge on any atom is 0.222 e. The van der Waals surface area contributed by atoms with Crippen LogP contribution in [0.3, 0.4) is 0 Å². The fourth-order valence-corrected chi connectivity index (χ4v) is 0.733. The van der Waals surface area contributed by atoms with E-state index in [0.29, 0.717) is 5.75 Å². The summed E-state index contributed by atoms with van der Waals surface area (Å²) in [5.41, 5.74) is -0.861. The first-order valence-electron chi connectivity index (χ1n) is 3.80. The normalized spacial score (nSPS) is 11.4. The fourth-order valence-electron chi connectivity index (χ4n) is 0.635. The summed E-state index contributed by atoms with van der Waals surface area (Å²) in [6.07, 6.45) is 2.92. The van der Waals surface area contributed by atoms with Crippen LogP contribution in [0.5, 0.6) is 5.75 Å². The van der Waals surface area contributed by atoms with Gasteiger partial charge in [-0.05, 0) is 25.4 Å². The summed E-state index contributed by atoms with van der Waals surface area (Å²) in [7, 11) is 0. The van der Waals surface area contributed by atoms with Gasteiger partial charge in [0.25, 0.3) is 0 Å². The lowest BCUT2D eigenvalue weighted by Gasteiger charge is -2.17. The number of ether oxygens (including phenoxy) is 1. The standard InChI is InChI=1S/C8H11ClN2O2/c1-8(2,12)5-13-6-3-10-7(9)11-4-6/h3-4,12H,5H2,1-2H3. The second kappa shape index (κ2) is 3.89. The van der Waals surface area contributed by atoms with E-state index in [2.05, 4.69) is 9.97 Å². The van der Waals surface area contributed by atoms with Crippen molar-refractivity contribution >= 4 is 11.6 Å². The third-order valence-electron chi connectivity index (χ3n) is 1.19. The summed E-state index contributed by atoms with van der Waals surface area (Å²) in [4.78, 5) is 7.45. The van der Waals surface area contributed by atoms with Crippen molar-refractivity contribution in [1.29, 1.82) is 0 Å². The Kier molecular flexibility index (Phi) is 3.06. The van der Waals surface area contributed by atoms with Gasteiger partial charge < -0.3 is 9.84 Å². The zero-order chi connectivity index (χ0) is 9.90. The molecule has 13 heavy (non-hydrogen) atoms. The number of hydrogen-bond acceptors (Lipinski definition) is 4. The molecule has 1 heterocycles. The summed E-state index contributed by atoms with van der Waals surface area (Å²) in [5.74, 6) is 0.492. The van der Waals surface area contributed by atoms with Gasteiger partial charge in [-0.25, -0.2) is 9.97 Å². The van der Waals surface area contributed by atoms with E-state index in [4.69, 9.17) is 16.3 Å². The summed E-state index contributed by atoms with van der Waals surface area (Å²) in [6.45, 7) is 3.51. The maximum absolute atomic E-state index is 9.34. The quantitative estimate of drug-likeness (QED) is 0.751. The Morgan fingerprint density at radius 3 is 2.46 bits per heavy atom. The van der Waals surface area contributed by atoms with Gasteiger partial charge >= 0.3 is 0 Å². The lowest BCUT2D eigenvalue weighted by molar-refractivity contribution is 0.0282. The molecule has 5 heteroatoms. The lowest BCUT2D eigenvalue weighted by Crippen LogP contribution is -2.27. The molecule has 1 aromatic heterocycles. The van der Waals surface area contributed by atoms with E-state index < -0.39 is 5.60 Å². The highest BCUT2D eigenvalue weighted by molar-refractivity contribution is 6.28. The molecule has 0 fully saturated rings. The van der Waals surface area contributed by atoms with Crippen molar-refractivity contribution in [2.45, 2.75) is 19.4 Å². The number of aromatic nitrogens is 2. The predicted molar refractivity (Wildman–Crippen MR) is 48.8 cm³/mol. The minimum atomic E-state index is -0.861. The van der Waals surface area contributed by atoms with Crippen molar-refractivity contribution in [3.8, 4) is 5.75 Å². The van der Waals surface area contributed by atoms with Crippen molar-refractivity contribution in [1.82, 2.24) is 9.97 Å². The van der Waals surface area contributed by atoms with Gasteiger partial charge in [-0.15, -0.1) is 0 Å². The molecule has 1 rings (SSSR count). The van der Waals surface area contributed by atoms with Gasteiger partial charge in [-0.2, -0.15) is 0 Å². The molecule has 0 aliphatic rings. The third-order valence-corrected chi connectivity index (χ3v) is 1.38. The van der Waals surface area contributed by atoms with Crippen LogP contribution in [0.15, 0.2) is 12.4 Å². The Hall–Kier alpha value is -0.870. The summed E-state index contributed by atoms with van der Waals surface area (Å²) < 4.78 is 5.19. The molecule has 0 unspecified atom stereocenters. The summed E-state index contributed by atoms with van der Waals surface area (Å²) in [5, 5.41) is 9.52. The Bertz CT molecular complexity index is 268. The molecule has 0 radical (unpaired) electrons.